The number of halogens is 1. The maximum atomic E-state index is 13.4. The lowest BCUT2D eigenvalue weighted by Gasteiger charge is -2.09. The van der Waals surface area contributed by atoms with Gasteiger partial charge < -0.3 is 16.2 Å². The monoisotopic (exact) mass is 210 g/mol. The van der Waals surface area contributed by atoms with Crippen molar-refractivity contribution in [3.05, 3.63) is 29.1 Å². The van der Waals surface area contributed by atoms with Gasteiger partial charge in [-0.25, -0.2) is 9.18 Å². The van der Waals surface area contributed by atoms with Crippen LogP contribution in [0.4, 0.5) is 14.9 Å². The van der Waals surface area contributed by atoms with E-state index >= 15 is 0 Å². The van der Waals surface area contributed by atoms with Gasteiger partial charge in [0.05, 0.1) is 11.8 Å². The number of aliphatic hydroxyl groups excluding tert-OH is 1. The van der Waals surface area contributed by atoms with Crippen molar-refractivity contribution in [1.82, 2.24) is 0 Å². The second-order valence-electron chi connectivity index (χ2n) is 3.61. The van der Waals surface area contributed by atoms with E-state index in [9.17, 15) is 14.3 Å². The van der Waals surface area contributed by atoms with Crippen LogP contribution in [0.1, 0.15) is 11.1 Å². The zero-order valence-electron chi connectivity index (χ0n) is 7.96. The first kappa shape index (κ1) is 9.92. The van der Waals surface area contributed by atoms with E-state index in [1.807, 2.05) is 0 Å². The van der Waals surface area contributed by atoms with Crippen molar-refractivity contribution in [2.45, 2.75) is 18.9 Å². The second-order valence-corrected chi connectivity index (χ2v) is 3.61. The van der Waals surface area contributed by atoms with Crippen LogP contribution in [0.25, 0.3) is 0 Å². The summed E-state index contributed by atoms with van der Waals surface area (Å²) in [5.74, 6) is -0.526. The van der Waals surface area contributed by atoms with Gasteiger partial charge in [-0.2, -0.15) is 0 Å². The topological polar surface area (TPSA) is 75.4 Å². The molecular formula is C10H11FN2O2. The summed E-state index contributed by atoms with van der Waals surface area (Å²) in [4.78, 5) is 10.7. The van der Waals surface area contributed by atoms with Crippen molar-refractivity contribution in [2.24, 2.45) is 5.73 Å². The first-order valence-electron chi connectivity index (χ1n) is 4.62. The smallest absolute Gasteiger partial charge is 0.316 e. The molecule has 0 saturated heterocycles. The molecule has 0 spiro atoms. The first-order chi connectivity index (χ1) is 7.08. The molecule has 2 rings (SSSR count). The molecule has 0 radical (unpaired) electrons. The summed E-state index contributed by atoms with van der Waals surface area (Å²) in [6, 6.07) is 2.08. The van der Waals surface area contributed by atoms with E-state index < -0.39 is 18.0 Å². The maximum absolute atomic E-state index is 13.4. The number of carbonyl (C=O) groups is 1. The normalized spacial score (nSPS) is 18.7. The van der Waals surface area contributed by atoms with Gasteiger partial charge in [0.15, 0.2) is 0 Å². The number of primary amides is 1. The van der Waals surface area contributed by atoms with Crippen LogP contribution in [0.5, 0.6) is 0 Å². The van der Waals surface area contributed by atoms with E-state index in [4.69, 9.17) is 5.73 Å². The molecule has 0 aromatic heterocycles. The van der Waals surface area contributed by atoms with Gasteiger partial charge in [0.25, 0.3) is 0 Å². The summed E-state index contributed by atoms with van der Waals surface area (Å²) in [5.41, 5.74) is 6.53. The molecule has 1 atom stereocenters. The molecule has 0 unspecified atom stereocenters. The van der Waals surface area contributed by atoms with Gasteiger partial charge in [-0.1, -0.05) is 6.07 Å². The maximum Gasteiger partial charge on any atom is 0.316 e. The summed E-state index contributed by atoms with van der Waals surface area (Å²) >= 11 is 0. The van der Waals surface area contributed by atoms with Crippen molar-refractivity contribution in [3.63, 3.8) is 0 Å². The first-order valence-corrected chi connectivity index (χ1v) is 4.62. The number of rotatable bonds is 1. The van der Waals surface area contributed by atoms with Crippen molar-refractivity contribution >= 4 is 11.7 Å². The van der Waals surface area contributed by atoms with Crippen LogP contribution in [0.3, 0.4) is 0 Å². The summed E-state index contributed by atoms with van der Waals surface area (Å²) < 4.78 is 13.4. The Kier molecular flexibility index (Phi) is 2.32. The number of urea groups is 1. The predicted octanol–water partition coefficient (Wildman–Crippen LogP) is 0.776. The number of aliphatic hydroxyl groups is 1. The fourth-order valence-electron chi connectivity index (χ4n) is 1.91. The Morgan fingerprint density at radius 3 is 2.93 bits per heavy atom. The Bertz CT molecular complexity index is 420. The van der Waals surface area contributed by atoms with Crippen LogP contribution < -0.4 is 11.1 Å². The van der Waals surface area contributed by atoms with Gasteiger partial charge in [-0.3, -0.25) is 0 Å². The van der Waals surface area contributed by atoms with Gasteiger partial charge in [-0.15, -0.1) is 0 Å². The molecule has 1 aromatic carbocycles. The fraction of sp³-hybridized carbons (Fsp3) is 0.300. The number of hydrogen-bond acceptors (Lipinski definition) is 2. The average Bonchev–Trinajstić information content (AvgIpc) is 2.51. The van der Waals surface area contributed by atoms with Crippen molar-refractivity contribution in [1.29, 1.82) is 0 Å². The number of carbonyl (C=O) groups excluding carboxylic acids is 1. The van der Waals surface area contributed by atoms with Crippen LogP contribution in [-0.4, -0.2) is 17.2 Å². The van der Waals surface area contributed by atoms with E-state index in [0.29, 0.717) is 18.4 Å². The molecule has 2 amide bonds. The van der Waals surface area contributed by atoms with Gasteiger partial charge in [0.1, 0.15) is 5.82 Å². The molecule has 0 saturated carbocycles. The lowest BCUT2D eigenvalue weighted by Crippen LogP contribution is -2.21. The summed E-state index contributed by atoms with van der Waals surface area (Å²) in [6.07, 6.45) is 0.335. The lowest BCUT2D eigenvalue weighted by atomic mass is 10.1. The zero-order valence-corrected chi connectivity index (χ0v) is 7.96. The van der Waals surface area contributed by atoms with Crippen LogP contribution in [0.15, 0.2) is 12.1 Å². The van der Waals surface area contributed by atoms with E-state index in [1.54, 1.807) is 6.07 Å². The highest BCUT2D eigenvalue weighted by Crippen LogP contribution is 2.31. The second kappa shape index (κ2) is 3.51. The SMILES string of the molecule is NC(=O)Nc1c(F)ccc2c1C[C@H](O)C2. The predicted molar refractivity (Wildman–Crippen MR) is 53.0 cm³/mol. The summed E-state index contributed by atoms with van der Waals surface area (Å²) in [6.45, 7) is 0. The molecule has 1 aromatic rings. The molecule has 0 aliphatic heterocycles. The van der Waals surface area contributed by atoms with Crippen molar-refractivity contribution in [3.8, 4) is 0 Å². The minimum Gasteiger partial charge on any atom is -0.392 e. The van der Waals surface area contributed by atoms with Crippen LogP contribution >= 0.6 is 0 Å². The Morgan fingerprint density at radius 1 is 1.53 bits per heavy atom. The van der Waals surface area contributed by atoms with Crippen molar-refractivity contribution < 1.29 is 14.3 Å². The van der Waals surface area contributed by atoms with Gasteiger partial charge >= 0.3 is 6.03 Å². The minimum atomic E-state index is -0.802. The zero-order chi connectivity index (χ0) is 11.0. The van der Waals surface area contributed by atoms with Gasteiger partial charge in [0.2, 0.25) is 0 Å². The standard InChI is InChI=1S/C10H11FN2O2/c11-8-2-1-5-3-6(14)4-7(5)9(8)13-10(12)15/h1-2,6,14H,3-4H2,(H3,12,13,15)/t6-/m1/s1. The average molecular weight is 210 g/mol. The molecule has 0 bridgehead atoms. The third-order valence-corrected chi connectivity index (χ3v) is 2.50. The summed E-state index contributed by atoms with van der Waals surface area (Å²) in [5, 5.41) is 11.7. The summed E-state index contributed by atoms with van der Waals surface area (Å²) in [7, 11) is 0. The molecule has 0 fully saturated rings. The van der Waals surface area contributed by atoms with E-state index in [1.165, 1.54) is 6.07 Å². The number of fused-ring (bicyclic) bond motifs is 1. The Balaban J connectivity index is 2.44. The van der Waals surface area contributed by atoms with E-state index in [0.717, 1.165) is 5.56 Å². The molecular weight excluding hydrogens is 199 g/mol. The molecule has 0 heterocycles. The minimum absolute atomic E-state index is 0.0940. The third-order valence-electron chi connectivity index (χ3n) is 2.50. The Morgan fingerprint density at radius 2 is 2.27 bits per heavy atom. The number of hydrogen-bond donors (Lipinski definition) is 3. The number of nitrogens with two attached hydrogens (primary N) is 1. The fourth-order valence-corrected chi connectivity index (χ4v) is 1.91. The Labute approximate surface area is 85.9 Å². The largest absolute Gasteiger partial charge is 0.392 e. The number of nitrogens with one attached hydrogen (secondary N) is 1. The van der Waals surface area contributed by atoms with Crippen LogP contribution in [0.2, 0.25) is 0 Å². The van der Waals surface area contributed by atoms with Crippen molar-refractivity contribution in [2.75, 3.05) is 5.32 Å². The highest BCUT2D eigenvalue weighted by molar-refractivity contribution is 5.89. The third kappa shape index (κ3) is 1.78. The highest BCUT2D eigenvalue weighted by Gasteiger charge is 2.24. The Hall–Kier alpha value is -1.62. The molecule has 1 aliphatic carbocycles. The number of benzene rings is 1. The lowest BCUT2D eigenvalue weighted by molar-refractivity contribution is 0.187. The molecule has 5 heteroatoms. The molecule has 15 heavy (non-hydrogen) atoms. The number of amides is 2. The molecule has 80 valence electrons. The highest BCUT2D eigenvalue weighted by atomic mass is 19.1. The van der Waals surface area contributed by atoms with Gasteiger partial charge in [-0.05, 0) is 23.6 Å². The van der Waals surface area contributed by atoms with E-state index in [2.05, 4.69) is 5.32 Å². The van der Waals surface area contributed by atoms with Gasteiger partial charge in [0, 0.05) is 6.42 Å². The quantitative estimate of drug-likeness (QED) is 0.640. The number of anilines is 1. The molecule has 1 aliphatic rings. The molecule has 4 N–H and O–H groups in total. The van der Waals surface area contributed by atoms with Crippen LogP contribution in [-0.2, 0) is 12.8 Å². The van der Waals surface area contributed by atoms with E-state index in [-0.39, 0.29) is 5.69 Å². The molecule has 4 nitrogen and oxygen atoms in total. The van der Waals surface area contributed by atoms with Crippen LogP contribution in [0, 0.1) is 5.82 Å².